The number of carbonyl (C=O) groups is 4. The maximum Gasteiger partial charge on any atom is 0.252 e. The first-order chi connectivity index (χ1) is 61.9. The van der Waals surface area contributed by atoms with Crippen LogP contribution in [-0.4, -0.2) is 112 Å². The van der Waals surface area contributed by atoms with Gasteiger partial charge < -0.3 is 50.0 Å². The molecule has 4 saturated carbocycles. The zero-order chi connectivity index (χ0) is 88.9. The zero-order valence-electron chi connectivity index (χ0n) is 72.0. The van der Waals surface area contributed by atoms with Gasteiger partial charge in [0.1, 0.15) is 59.3 Å². The van der Waals surface area contributed by atoms with Crippen LogP contribution in [0.2, 0.25) is 0 Å². The minimum Gasteiger partial charge on any atom is -0.482 e. The van der Waals surface area contributed by atoms with E-state index in [0.717, 1.165) is 196 Å². The maximum atomic E-state index is 13.2. The molecule has 26 nitrogen and oxygen atoms in total. The average molecular weight is 1730 g/mol. The molecule has 0 unspecified atom stereocenters. The summed E-state index contributed by atoms with van der Waals surface area (Å²) in [4.78, 5) is 108. The molecule has 128 heavy (non-hydrogen) atoms. The van der Waals surface area contributed by atoms with Gasteiger partial charge in [0.25, 0.3) is 23.6 Å². The zero-order valence-corrected chi connectivity index (χ0v) is 72.0. The molecule has 4 N–H and O–H groups in total. The fraction of sp³-hybridized carbons (Fsp3) is 0.347. The molecular weight excluding hydrogens is 1630 g/mol. The lowest BCUT2D eigenvalue weighted by Gasteiger charge is -2.27. The Morgan fingerprint density at radius 2 is 0.508 bits per heavy atom. The lowest BCUT2D eigenvalue weighted by molar-refractivity contribution is 0.0921. The summed E-state index contributed by atoms with van der Waals surface area (Å²) in [7, 11) is 7.58. The van der Waals surface area contributed by atoms with Crippen molar-refractivity contribution in [3.63, 3.8) is 0 Å². The van der Waals surface area contributed by atoms with Crippen LogP contribution in [0.4, 0.5) is 29.5 Å². The summed E-state index contributed by atoms with van der Waals surface area (Å²) in [5.41, 5.74) is 11.8. The normalized spacial score (nSPS) is 18.5. The molecule has 0 spiro atoms. The predicted molar refractivity (Wildman–Crippen MR) is 468 cm³/mol. The number of nitrogens with zero attached hydrogens (tertiary/aromatic N) is 14. The number of amides is 4. The second-order valence-electron chi connectivity index (χ2n) is 34.3. The van der Waals surface area contributed by atoms with Gasteiger partial charge in [-0.1, -0.05) is 24.3 Å². The molecule has 0 bridgehead atoms. The SMILES string of the molecule is CN(C)c1ncc(O[C@@H]2CCCc3nc(C4(NC(=O)c5ccc(F)cc5)CC4)ccc32)cn1.CN(C)c1ncc(O[C@H]2CCCc3nc(C4(NC(=O)c5ccc(F)cc5)CC4)ccc32)cn1.Cc1ncc(O[C@@H]2CCCc3nc(C4(NC(=O)c5ccc(F)cc5)CC4)ccc32)cn1.Cc1ncc(O[C@H]2CCCc3nc(C4(NC(=O)c5ccc(F)cc5)CC4)ccc32)cn1. The summed E-state index contributed by atoms with van der Waals surface area (Å²) in [6.07, 6.45) is 30.9. The number of halogens is 4. The Bertz CT molecular complexity index is 5640. The number of rotatable bonds is 22. The van der Waals surface area contributed by atoms with E-state index in [2.05, 4.69) is 85.4 Å². The van der Waals surface area contributed by atoms with E-state index in [1.165, 1.54) is 97.1 Å². The van der Waals surface area contributed by atoms with Crippen molar-refractivity contribution < 1.29 is 55.7 Å². The maximum absolute atomic E-state index is 13.2. The molecule has 8 aliphatic carbocycles. The van der Waals surface area contributed by atoms with Crippen molar-refractivity contribution >= 4 is 35.5 Å². The number of pyridine rings is 4. The van der Waals surface area contributed by atoms with E-state index in [0.29, 0.717) is 68.8 Å². The first kappa shape index (κ1) is 86.3. The molecular formula is C98H98F4N18O8. The van der Waals surface area contributed by atoms with E-state index in [1.807, 2.05) is 76.1 Å². The number of ether oxygens (including phenoxy) is 4. The Morgan fingerprint density at radius 1 is 0.305 bits per heavy atom. The van der Waals surface area contributed by atoms with Gasteiger partial charge in [-0.2, -0.15) is 0 Å². The van der Waals surface area contributed by atoms with Crippen molar-refractivity contribution in [3.05, 3.63) is 320 Å². The molecule has 12 aromatic rings. The number of aromatic nitrogens is 12. The molecule has 4 amide bonds. The van der Waals surface area contributed by atoms with Crippen LogP contribution in [0.1, 0.15) is 248 Å². The largest absolute Gasteiger partial charge is 0.482 e. The molecule has 0 saturated heterocycles. The van der Waals surface area contributed by atoms with Gasteiger partial charge in [0.05, 0.1) is 94.5 Å². The number of aryl methyl sites for hydroxylation is 6. The lowest BCUT2D eigenvalue weighted by atomic mass is 9.92. The lowest BCUT2D eigenvalue weighted by Crippen LogP contribution is -2.36. The summed E-state index contributed by atoms with van der Waals surface area (Å²) >= 11 is 0. The second-order valence-corrected chi connectivity index (χ2v) is 34.3. The molecule has 0 radical (unpaired) electrons. The van der Waals surface area contributed by atoms with Crippen molar-refractivity contribution in [1.29, 1.82) is 0 Å². The van der Waals surface area contributed by atoms with E-state index < -0.39 is 22.2 Å². The van der Waals surface area contributed by atoms with Gasteiger partial charge in [-0.05, 0) is 264 Å². The quantitative estimate of drug-likeness (QED) is 0.0458. The number of fused-ring (bicyclic) bond motifs is 4. The van der Waals surface area contributed by atoms with Gasteiger partial charge in [0, 0.05) is 95.5 Å². The van der Waals surface area contributed by atoms with E-state index in [9.17, 15) is 36.7 Å². The van der Waals surface area contributed by atoms with Crippen molar-refractivity contribution in [2.75, 3.05) is 38.0 Å². The van der Waals surface area contributed by atoms with Crippen LogP contribution >= 0.6 is 0 Å². The first-order valence-electron chi connectivity index (χ1n) is 43.5. The van der Waals surface area contributed by atoms with Gasteiger partial charge in [-0.15, -0.1) is 0 Å². The van der Waals surface area contributed by atoms with Gasteiger partial charge in [0.2, 0.25) is 11.9 Å². The third-order valence-corrected chi connectivity index (χ3v) is 24.4. The van der Waals surface area contributed by atoms with Crippen LogP contribution < -0.4 is 50.0 Å². The monoisotopic (exact) mass is 1730 g/mol. The molecule has 4 aromatic carbocycles. The van der Waals surface area contributed by atoms with Crippen LogP contribution in [0.5, 0.6) is 23.0 Å². The van der Waals surface area contributed by atoms with Gasteiger partial charge in [0.15, 0.2) is 23.0 Å². The minimum absolute atomic E-state index is 0.0828. The smallest absolute Gasteiger partial charge is 0.252 e. The Kier molecular flexibility index (Phi) is 25.0. The van der Waals surface area contributed by atoms with Gasteiger partial charge in [-0.25, -0.2) is 57.4 Å². The van der Waals surface area contributed by atoms with Crippen molar-refractivity contribution in [1.82, 2.24) is 81.1 Å². The summed E-state index contributed by atoms with van der Waals surface area (Å²) < 4.78 is 77.4. The fourth-order valence-electron chi connectivity index (χ4n) is 16.6. The Labute approximate surface area is 738 Å². The minimum atomic E-state index is -0.454. The van der Waals surface area contributed by atoms with Crippen LogP contribution in [0.15, 0.2) is 195 Å². The highest BCUT2D eigenvalue weighted by molar-refractivity contribution is 5.97. The summed E-state index contributed by atoms with van der Waals surface area (Å²) in [5, 5.41) is 12.5. The third-order valence-electron chi connectivity index (χ3n) is 24.4. The highest BCUT2D eigenvalue weighted by atomic mass is 19.1. The van der Waals surface area contributed by atoms with Crippen LogP contribution in [-0.2, 0) is 47.8 Å². The number of nitrogens with one attached hydrogen (secondary N) is 4. The molecule has 4 fully saturated rings. The van der Waals surface area contributed by atoms with Crippen molar-refractivity contribution in [2.24, 2.45) is 0 Å². The fourth-order valence-corrected chi connectivity index (χ4v) is 16.6. The topological polar surface area (TPSA) is 314 Å². The van der Waals surface area contributed by atoms with Crippen LogP contribution in [0.25, 0.3) is 0 Å². The number of carbonyl (C=O) groups excluding carboxylic acids is 4. The second kappa shape index (κ2) is 37.0. The average Bonchev–Trinajstić information content (AvgIpc) is 1.61. The standard InChI is InChI=1S/2C25H26FN5O2.2C24H23FN4O2/c2*1-31(2)24-27-14-18(15-28-24)33-21-5-3-4-20-19(21)10-11-22(29-20)25(12-13-25)30-23(32)16-6-8-17(26)9-7-16;2*1-15-26-13-18(14-27-15)31-21-4-2-3-20-19(21)9-10-22(28-20)24(11-12-24)29-23(30)16-5-7-17(25)8-6-16/h2*6-11,14-15,21H,3-5,12-13H2,1-2H3,(H,30,32);2*5-10,13-14,21H,2-4,11-12H2,1H3,(H,29,30)/t4*21-/m1010/s1. The number of anilines is 2. The van der Waals surface area contributed by atoms with E-state index >= 15 is 0 Å². The number of benzene rings is 4. The van der Waals surface area contributed by atoms with Crippen molar-refractivity contribution in [2.45, 2.75) is 189 Å². The molecule has 656 valence electrons. The highest BCUT2D eigenvalue weighted by Gasteiger charge is 2.51. The van der Waals surface area contributed by atoms with E-state index in [-0.39, 0.29) is 71.3 Å². The van der Waals surface area contributed by atoms with Crippen LogP contribution in [0.3, 0.4) is 0 Å². The number of hydrogen-bond acceptors (Lipinski definition) is 22. The van der Waals surface area contributed by atoms with E-state index in [1.54, 1.807) is 49.6 Å². The molecule has 8 heterocycles. The molecule has 8 aromatic heterocycles. The molecule has 0 aliphatic heterocycles. The first-order valence-corrected chi connectivity index (χ1v) is 43.5. The highest BCUT2D eigenvalue weighted by Crippen LogP contribution is 2.50. The molecule has 20 rings (SSSR count). The predicted octanol–water partition coefficient (Wildman–Crippen LogP) is 16.3. The number of hydrogen-bond donors (Lipinski definition) is 4. The molecule has 4 atom stereocenters. The summed E-state index contributed by atoms with van der Waals surface area (Å²) in [6.45, 7) is 3.68. The van der Waals surface area contributed by atoms with E-state index in [4.69, 9.17) is 38.9 Å². The Hall–Kier alpha value is -13.8. The van der Waals surface area contributed by atoms with Gasteiger partial charge in [-0.3, -0.25) is 39.1 Å². The van der Waals surface area contributed by atoms with Crippen LogP contribution in [0, 0.1) is 37.1 Å². The molecule has 8 aliphatic rings. The molecule has 30 heteroatoms. The summed E-state index contributed by atoms with van der Waals surface area (Å²) in [6, 6.07) is 38.6. The van der Waals surface area contributed by atoms with Crippen molar-refractivity contribution in [3.8, 4) is 23.0 Å². The van der Waals surface area contributed by atoms with Gasteiger partial charge >= 0.3 is 0 Å². The third kappa shape index (κ3) is 20.2. The summed E-state index contributed by atoms with van der Waals surface area (Å²) in [5.74, 6) is 2.97. The Balaban J connectivity index is 0.000000120. The Morgan fingerprint density at radius 3 is 0.703 bits per heavy atom.